The molecule has 2 aliphatic heterocycles. The first-order valence-electron chi connectivity index (χ1n) is 10.3. The smallest absolute Gasteiger partial charge is 0.237 e. The summed E-state index contributed by atoms with van der Waals surface area (Å²) in [6.45, 7) is 5.57. The zero-order valence-corrected chi connectivity index (χ0v) is 16.6. The van der Waals surface area contributed by atoms with Crippen molar-refractivity contribution in [1.29, 1.82) is 0 Å². The van der Waals surface area contributed by atoms with E-state index < -0.39 is 0 Å². The molecule has 3 rings (SSSR count). The van der Waals surface area contributed by atoms with E-state index in [-0.39, 0.29) is 17.9 Å². The summed E-state index contributed by atoms with van der Waals surface area (Å²) in [7, 11) is 0. The van der Waals surface area contributed by atoms with Crippen molar-refractivity contribution < 1.29 is 9.59 Å². The SMILES string of the molecule is NCCC(=O)NCC1CCCCN1C(=O)CN1CCN(c2ccccn2)CC1. The Morgan fingerprint density at radius 1 is 1.14 bits per heavy atom. The number of anilines is 1. The lowest BCUT2D eigenvalue weighted by atomic mass is 10.0. The molecular formula is C20H32N6O2. The number of piperazine rings is 1. The van der Waals surface area contributed by atoms with Crippen LogP contribution in [0, 0.1) is 0 Å². The van der Waals surface area contributed by atoms with Gasteiger partial charge in [0.05, 0.1) is 6.54 Å². The van der Waals surface area contributed by atoms with Crippen LogP contribution in [0.25, 0.3) is 0 Å². The summed E-state index contributed by atoms with van der Waals surface area (Å²) in [5.74, 6) is 1.13. The van der Waals surface area contributed by atoms with Gasteiger partial charge in [0.2, 0.25) is 11.8 Å². The molecule has 1 aromatic rings. The van der Waals surface area contributed by atoms with E-state index in [9.17, 15) is 9.59 Å². The number of aromatic nitrogens is 1. The number of nitrogens with one attached hydrogen (secondary N) is 1. The lowest BCUT2D eigenvalue weighted by Crippen LogP contribution is -2.54. The molecule has 3 heterocycles. The first-order chi connectivity index (χ1) is 13.7. The van der Waals surface area contributed by atoms with Crippen LogP contribution in [0.4, 0.5) is 5.82 Å². The zero-order valence-electron chi connectivity index (χ0n) is 16.6. The molecule has 2 amide bonds. The van der Waals surface area contributed by atoms with Gasteiger partial charge in [-0.2, -0.15) is 0 Å². The third-order valence-corrected chi connectivity index (χ3v) is 5.56. The number of amides is 2. The van der Waals surface area contributed by atoms with Crippen molar-refractivity contribution >= 4 is 17.6 Å². The maximum atomic E-state index is 12.9. The first-order valence-corrected chi connectivity index (χ1v) is 10.3. The predicted octanol–water partition coefficient (Wildman–Crippen LogP) is 0.0497. The summed E-state index contributed by atoms with van der Waals surface area (Å²) in [6, 6.07) is 6.04. The minimum Gasteiger partial charge on any atom is -0.354 e. The molecule has 3 N–H and O–H groups in total. The summed E-state index contributed by atoms with van der Waals surface area (Å²) in [5, 5.41) is 2.93. The van der Waals surface area contributed by atoms with Crippen molar-refractivity contribution in [2.24, 2.45) is 5.73 Å². The molecule has 0 bridgehead atoms. The monoisotopic (exact) mass is 388 g/mol. The highest BCUT2D eigenvalue weighted by molar-refractivity contribution is 5.79. The number of nitrogens with two attached hydrogens (primary N) is 1. The van der Waals surface area contributed by atoms with Gasteiger partial charge in [0, 0.05) is 64.5 Å². The summed E-state index contributed by atoms with van der Waals surface area (Å²) in [4.78, 5) is 35.5. The van der Waals surface area contributed by atoms with Gasteiger partial charge < -0.3 is 20.9 Å². The van der Waals surface area contributed by atoms with Gasteiger partial charge in [-0.25, -0.2) is 4.98 Å². The number of piperidine rings is 1. The molecule has 1 aromatic heterocycles. The Hall–Kier alpha value is -2.19. The van der Waals surface area contributed by atoms with E-state index in [1.54, 1.807) is 0 Å². The fourth-order valence-corrected chi connectivity index (χ4v) is 3.95. The van der Waals surface area contributed by atoms with Crippen LogP contribution in [-0.4, -0.2) is 85.0 Å². The molecular weight excluding hydrogens is 356 g/mol. The molecule has 2 saturated heterocycles. The highest BCUT2D eigenvalue weighted by atomic mass is 16.2. The maximum absolute atomic E-state index is 12.9. The average Bonchev–Trinajstić information content (AvgIpc) is 2.74. The number of rotatable bonds is 7. The van der Waals surface area contributed by atoms with E-state index in [0.717, 1.165) is 57.8 Å². The number of carbonyl (C=O) groups excluding carboxylic acids is 2. The second-order valence-electron chi connectivity index (χ2n) is 7.53. The largest absolute Gasteiger partial charge is 0.354 e. The second kappa shape index (κ2) is 10.4. The van der Waals surface area contributed by atoms with E-state index >= 15 is 0 Å². The Labute approximate surface area is 167 Å². The lowest BCUT2D eigenvalue weighted by molar-refractivity contribution is -0.136. The third kappa shape index (κ3) is 5.65. The van der Waals surface area contributed by atoms with E-state index in [0.29, 0.717) is 26.1 Å². The van der Waals surface area contributed by atoms with Gasteiger partial charge in [-0.1, -0.05) is 6.07 Å². The summed E-state index contributed by atoms with van der Waals surface area (Å²) in [5.41, 5.74) is 5.43. The van der Waals surface area contributed by atoms with Gasteiger partial charge >= 0.3 is 0 Å². The van der Waals surface area contributed by atoms with Crippen LogP contribution in [0.5, 0.6) is 0 Å². The third-order valence-electron chi connectivity index (χ3n) is 5.56. The van der Waals surface area contributed by atoms with Crippen molar-refractivity contribution in [2.75, 3.05) is 57.3 Å². The molecule has 0 aliphatic carbocycles. The van der Waals surface area contributed by atoms with Crippen LogP contribution < -0.4 is 16.0 Å². The normalized spacial score (nSPS) is 20.8. The Kier molecular flexibility index (Phi) is 7.62. The number of hydrogen-bond donors (Lipinski definition) is 2. The maximum Gasteiger partial charge on any atom is 0.237 e. The van der Waals surface area contributed by atoms with Gasteiger partial charge in [0.25, 0.3) is 0 Å². The Morgan fingerprint density at radius 3 is 2.68 bits per heavy atom. The molecule has 2 fully saturated rings. The van der Waals surface area contributed by atoms with Gasteiger partial charge in [0.1, 0.15) is 5.82 Å². The molecule has 0 aromatic carbocycles. The molecule has 1 unspecified atom stereocenters. The number of pyridine rings is 1. The Bertz CT molecular complexity index is 633. The van der Waals surface area contributed by atoms with Crippen LogP contribution in [-0.2, 0) is 9.59 Å². The average molecular weight is 389 g/mol. The van der Waals surface area contributed by atoms with Crippen molar-refractivity contribution in [1.82, 2.24) is 20.1 Å². The van der Waals surface area contributed by atoms with Gasteiger partial charge in [-0.05, 0) is 31.4 Å². The summed E-state index contributed by atoms with van der Waals surface area (Å²) >= 11 is 0. The molecule has 0 saturated carbocycles. The number of nitrogens with zero attached hydrogens (tertiary/aromatic N) is 4. The van der Waals surface area contributed by atoms with Gasteiger partial charge in [0.15, 0.2) is 0 Å². The van der Waals surface area contributed by atoms with Crippen molar-refractivity contribution in [3.8, 4) is 0 Å². The van der Waals surface area contributed by atoms with Crippen LogP contribution in [0.15, 0.2) is 24.4 Å². The summed E-state index contributed by atoms with van der Waals surface area (Å²) < 4.78 is 0. The topological polar surface area (TPSA) is 94.8 Å². The van der Waals surface area contributed by atoms with Crippen LogP contribution >= 0.6 is 0 Å². The molecule has 0 spiro atoms. The molecule has 8 heteroatoms. The van der Waals surface area contributed by atoms with Crippen LogP contribution in [0.1, 0.15) is 25.7 Å². The fraction of sp³-hybridized carbons (Fsp3) is 0.650. The van der Waals surface area contributed by atoms with E-state index in [1.165, 1.54) is 0 Å². The molecule has 154 valence electrons. The van der Waals surface area contributed by atoms with Crippen LogP contribution in [0.2, 0.25) is 0 Å². The van der Waals surface area contributed by atoms with E-state index in [1.807, 2.05) is 29.3 Å². The van der Waals surface area contributed by atoms with E-state index in [2.05, 4.69) is 20.1 Å². The van der Waals surface area contributed by atoms with Crippen molar-refractivity contribution in [2.45, 2.75) is 31.7 Å². The highest BCUT2D eigenvalue weighted by Gasteiger charge is 2.29. The summed E-state index contributed by atoms with van der Waals surface area (Å²) in [6.07, 6.45) is 5.23. The minimum absolute atomic E-state index is 0.0360. The second-order valence-corrected chi connectivity index (χ2v) is 7.53. The Morgan fingerprint density at radius 2 is 1.96 bits per heavy atom. The molecule has 8 nitrogen and oxygen atoms in total. The quantitative estimate of drug-likeness (QED) is 0.685. The van der Waals surface area contributed by atoms with Crippen molar-refractivity contribution in [3.63, 3.8) is 0 Å². The molecule has 1 atom stereocenters. The molecule has 28 heavy (non-hydrogen) atoms. The van der Waals surface area contributed by atoms with Crippen molar-refractivity contribution in [3.05, 3.63) is 24.4 Å². The fourth-order valence-electron chi connectivity index (χ4n) is 3.95. The number of hydrogen-bond acceptors (Lipinski definition) is 6. The predicted molar refractivity (Wildman–Crippen MR) is 109 cm³/mol. The zero-order chi connectivity index (χ0) is 19.8. The minimum atomic E-state index is -0.0360. The Balaban J connectivity index is 1.47. The molecule has 2 aliphatic rings. The van der Waals surface area contributed by atoms with Gasteiger partial charge in [-0.15, -0.1) is 0 Å². The molecule has 0 radical (unpaired) electrons. The van der Waals surface area contributed by atoms with E-state index in [4.69, 9.17) is 5.73 Å². The number of carbonyl (C=O) groups is 2. The number of likely N-dealkylation sites (tertiary alicyclic amines) is 1. The first kappa shape index (κ1) is 20.5. The van der Waals surface area contributed by atoms with Gasteiger partial charge in [-0.3, -0.25) is 14.5 Å². The van der Waals surface area contributed by atoms with Crippen LogP contribution in [0.3, 0.4) is 0 Å². The lowest BCUT2D eigenvalue weighted by Gasteiger charge is -2.39. The standard InChI is InChI=1S/C20H32N6O2/c21-8-7-19(27)23-15-17-5-2-4-10-26(17)20(28)16-24-11-13-25(14-12-24)18-6-1-3-9-22-18/h1,3,6,9,17H,2,4-5,7-8,10-16,21H2,(H,23,27). The highest BCUT2D eigenvalue weighted by Crippen LogP contribution is 2.18.